The molecule has 1 aliphatic carbocycles. The van der Waals surface area contributed by atoms with Crippen LogP contribution in [0.3, 0.4) is 0 Å². The molecule has 0 saturated heterocycles. The highest BCUT2D eigenvalue weighted by Crippen LogP contribution is 2.22. The van der Waals surface area contributed by atoms with Gasteiger partial charge in [0.25, 0.3) is 11.5 Å². The predicted octanol–water partition coefficient (Wildman–Crippen LogP) is 2.59. The van der Waals surface area contributed by atoms with Gasteiger partial charge in [0.1, 0.15) is 11.3 Å². The second-order valence-electron chi connectivity index (χ2n) is 6.41. The molecule has 0 spiro atoms. The number of aryl methyl sites for hydroxylation is 1. The van der Waals surface area contributed by atoms with Crippen molar-refractivity contribution in [3.8, 4) is 0 Å². The van der Waals surface area contributed by atoms with Gasteiger partial charge < -0.3 is 15.2 Å². The van der Waals surface area contributed by atoms with E-state index in [9.17, 15) is 9.59 Å². The summed E-state index contributed by atoms with van der Waals surface area (Å²) in [4.78, 5) is 25.6. The maximum absolute atomic E-state index is 12.9. The predicted molar refractivity (Wildman–Crippen MR) is 96.4 cm³/mol. The smallest absolute Gasteiger partial charge is 0.281 e. The number of fused-ring (bicyclic) bond motifs is 1. The van der Waals surface area contributed by atoms with Crippen molar-refractivity contribution in [2.24, 2.45) is 0 Å². The Bertz CT molecular complexity index is 778. The van der Waals surface area contributed by atoms with Crippen LogP contribution in [0.1, 0.15) is 59.9 Å². The van der Waals surface area contributed by atoms with Gasteiger partial charge in [-0.3, -0.25) is 9.59 Å². The Labute approximate surface area is 147 Å². The quantitative estimate of drug-likeness (QED) is 0.758. The molecule has 0 saturated carbocycles. The van der Waals surface area contributed by atoms with E-state index >= 15 is 0 Å². The molecular weight excluding hydrogens is 318 g/mol. The summed E-state index contributed by atoms with van der Waals surface area (Å²) < 4.78 is 6.73. The van der Waals surface area contributed by atoms with Crippen molar-refractivity contribution in [1.82, 2.24) is 9.99 Å². The number of pyridine rings is 1. The summed E-state index contributed by atoms with van der Waals surface area (Å²) in [7, 11) is 0. The first-order chi connectivity index (χ1) is 12.2. The maximum atomic E-state index is 12.9. The van der Waals surface area contributed by atoms with Gasteiger partial charge in [0.05, 0.1) is 12.8 Å². The minimum Gasteiger partial charge on any atom is -0.467 e. The lowest BCUT2D eigenvalue weighted by Gasteiger charge is -2.21. The summed E-state index contributed by atoms with van der Waals surface area (Å²) in [6, 6.07) is 3.57. The Morgan fingerprint density at radius 3 is 2.92 bits per heavy atom. The lowest BCUT2D eigenvalue weighted by molar-refractivity contribution is 0.0944. The lowest BCUT2D eigenvalue weighted by Crippen LogP contribution is -2.39. The monoisotopic (exact) mass is 343 g/mol. The number of rotatable bonds is 7. The van der Waals surface area contributed by atoms with E-state index in [0.717, 1.165) is 49.7 Å². The molecule has 3 rings (SSSR count). The van der Waals surface area contributed by atoms with Crippen LogP contribution in [-0.2, 0) is 19.4 Å². The standard InChI is InChI=1S/C19H25N3O3/c1-2-3-10-21-22-13-14-7-4-5-9-16(14)17(19(22)24)18(23)20-12-15-8-6-11-25-15/h6,8,11,13,21H,2-5,7,9-10,12H2,1H3,(H,20,23). The van der Waals surface area contributed by atoms with E-state index in [4.69, 9.17) is 4.42 Å². The first-order valence-corrected chi connectivity index (χ1v) is 9.02. The van der Waals surface area contributed by atoms with E-state index in [-0.39, 0.29) is 23.6 Å². The van der Waals surface area contributed by atoms with Crippen LogP contribution in [0.4, 0.5) is 0 Å². The number of furan rings is 1. The summed E-state index contributed by atoms with van der Waals surface area (Å²) >= 11 is 0. The molecule has 0 atom stereocenters. The SMILES string of the molecule is CCCCNn1cc2c(c(C(=O)NCc3ccco3)c1=O)CCCC2. The van der Waals surface area contributed by atoms with Crippen LogP contribution in [0, 0.1) is 0 Å². The Kier molecular flexibility index (Phi) is 5.58. The van der Waals surface area contributed by atoms with Gasteiger partial charge in [0.15, 0.2) is 0 Å². The number of amides is 1. The zero-order valence-corrected chi connectivity index (χ0v) is 14.6. The molecule has 25 heavy (non-hydrogen) atoms. The number of hydrogen-bond donors (Lipinski definition) is 2. The van der Waals surface area contributed by atoms with Gasteiger partial charge in [-0.05, 0) is 55.4 Å². The van der Waals surface area contributed by atoms with Crippen molar-refractivity contribution in [2.75, 3.05) is 12.0 Å². The number of aromatic nitrogens is 1. The topological polar surface area (TPSA) is 76.3 Å². The van der Waals surface area contributed by atoms with E-state index in [2.05, 4.69) is 17.7 Å². The average molecular weight is 343 g/mol. The van der Waals surface area contributed by atoms with Gasteiger partial charge >= 0.3 is 0 Å². The molecule has 0 radical (unpaired) electrons. The molecule has 0 fully saturated rings. The molecule has 2 aromatic heterocycles. The van der Waals surface area contributed by atoms with E-state index in [0.29, 0.717) is 12.3 Å². The van der Waals surface area contributed by atoms with Crippen LogP contribution in [0.25, 0.3) is 0 Å². The van der Waals surface area contributed by atoms with Gasteiger partial charge in [-0.25, -0.2) is 4.68 Å². The van der Waals surface area contributed by atoms with Gasteiger partial charge in [-0.15, -0.1) is 0 Å². The second-order valence-corrected chi connectivity index (χ2v) is 6.41. The molecule has 6 nitrogen and oxygen atoms in total. The van der Waals surface area contributed by atoms with Crippen molar-refractivity contribution in [3.63, 3.8) is 0 Å². The number of nitrogens with one attached hydrogen (secondary N) is 2. The third-order valence-electron chi connectivity index (χ3n) is 4.57. The number of unbranched alkanes of at least 4 members (excludes halogenated alkanes) is 1. The first kappa shape index (κ1) is 17.3. The average Bonchev–Trinajstić information content (AvgIpc) is 3.14. The van der Waals surface area contributed by atoms with Gasteiger partial charge in [0, 0.05) is 12.7 Å². The molecule has 6 heteroatoms. The molecule has 2 aromatic rings. The zero-order valence-electron chi connectivity index (χ0n) is 14.6. The molecule has 0 bridgehead atoms. The van der Waals surface area contributed by atoms with Crippen molar-refractivity contribution in [2.45, 2.75) is 52.0 Å². The van der Waals surface area contributed by atoms with Crippen molar-refractivity contribution in [3.05, 3.63) is 57.4 Å². The highest BCUT2D eigenvalue weighted by atomic mass is 16.3. The highest BCUT2D eigenvalue weighted by molar-refractivity contribution is 5.95. The minimum absolute atomic E-state index is 0.270. The second kappa shape index (κ2) is 8.05. The Morgan fingerprint density at radius 1 is 1.32 bits per heavy atom. The molecule has 1 aliphatic rings. The molecular formula is C19H25N3O3. The Morgan fingerprint density at radius 2 is 2.16 bits per heavy atom. The summed E-state index contributed by atoms with van der Waals surface area (Å²) in [5.74, 6) is 0.339. The summed E-state index contributed by atoms with van der Waals surface area (Å²) in [6.07, 6.45) is 9.25. The fourth-order valence-electron chi connectivity index (χ4n) is 3.22. The zero-order chi connectivity index (χ0) is 17.6. The number of carbonyl (C=O) groups is 1. The van der Waals surface area contributed by atoms with E-state index in [1.165, 1.54) is 4.68 Å². The van der Waals surface area contributed by atoms with Gasteiger partial charge in [-0.1, -0.05) is 13.3 Å². The van der Waals surface area contributed by atoms with E-state index < -0.39 is 0 Å². The van der Waals surface area contributed by atoms with Crippen LogP contribution >= 0.6 is 0 Å². The third-order valence-corrected chi connectivity index (χ3v) is 4.57. The minimum atomic E-state index is -0.328. The normalized spacial score (nSPS) is 13.3. The highest BCUT2D eigenvalue weighted by Gasteiger charge is 2.23. The fraction of sp³-hybridized carbons (Fsp3) is 0.474. The van der Waals surface area contributed by atoms with Crippen molar-refractivity contribution >= 4 is 5.91 Å². The van der Waals surface area contributed by atoms with E-state index in [1.54, 1.807) is 18.4 Å². The summed E-state index contributed by atoms with van der Waals surface area (Å²) in [6.45, 7) is 3.09. The van der Waals surface area contributed by atoms with Gasteiger partial charge in [-0.2, -0.15) is 0 Å². The summed E-state index contributed by atoms with van der Waals surface area (Å²) in [5, 5.41) is 2.81. The largest absolute Gasteiger partial charge is 0.467 e. The van der Waals surface area contributed by atoms with Crippen LogP contribution < -0.4 is 16.3 Å². The third kappa shape index (κ3) is 3.95. The number of nitrogens with zero attached hydrogens (tertiary/aromatic N) is 1. The molecule has 0 aromatic carbocycles. The Hall–Kier alpha value is -2.50. The van der Waals surface area contributed by atoms with Gasteiger partial charge in [0.2, 0.25) is 0 Å². The van der Waals surface area contributed by atoms with Crippen LogP contribution in [-0.4, -0.2) is 17.1 Å². The van der Waals surface area contributed by atoms with E-state index in [1.807, 2.05) is 6.20 Å². The maximum Gasteiger partial charge on any atom is 0.281 e. The lowest BCUT2D eigenvalue weighted by atomic mass is 9.89. The molecule has 2 heterocycles. The molecule has 2 N–H and O–H groups in total. The van der Waals surface area contributed by atoms with Crippen LogP contribution in [0.2, 0.25) is 0 Å². The van der Waals surface area contributed by atoms with Crippen LogP contribution in [0.5, 0.6) is 0 Å². The molecule has 134 valence electrons. The molecule has 1 amide bonds. The summed E-state index contributed by atoms with van der Waals surface area (Å²) in [5.41, 5.74) is 5.14. The van der Waals surface area contributed by atoms with Crippen LogP contribution in [0.15, 0.2) is 33.8 Å². The first-order valence-electron chi connectivity index (χ1n) is 9.02. The van der Waals surface area contributed by atoms with Crippen molar-refractivity contribution < 1.29 is 9.21 Å². The number of carbonyl (C=O) groups excluding carboxylic acids is 1. The fourth-order valence-corrected chi connectivity index (χ4v) is 3.22. The molecule has 0 unspecified atom stereocenters. The Balaban J connectivity index is 1.88. The molecule has 0 aliphatic heterocycles. The number of hydrogen-bond acceptors (Lipinski definition) is 4. The van der Waals surface area contributed by atoms with Crippen molar-refractivity contribution in [1.29, 1.82) is 0 Å².